The van der Waals surface area contributed by atoms with Crippen molar-refractivity contribution in [1.82, 2.24) is 10.3 Å². The van der Waals surface area contributed by atoms with Gasteiger partial charge in [0.15, 0.2) is 0 Å². The number of hydrogen-bond acceptors (Lipinski definition) is 2. The Morgan fingerprint density at radius 2 is 2.00 bits per heavy atom. The highest BCUT2D eigenvalue weighted by Crippen LogP contribution is 2.22. The first-order valence-corrected chi connectivity index (χ1v) is 6.23. The van der Waals surface area contributed by atoms with E-state index in [0.717, 1.165) is 25.7 Å². The van der Waals surface area contributed by atoms with Gasteiger partial charge in [-0.1, -0.05) is 6.07 Å². The zero-order valence-electron chi connectivity index (χ0n) is 9.41. The summed E-state index contributed by atoms with van der Waals surface area (Å²) < 4.78 is 0. The number of pyridine rings is 1. The highest BCUT2D eigenvalue weighted by molar-refractivity contribution is 6.20. The van der Waals surface area contributed by atoms with Gasteiger partial charge >= 0.3 is 0 Å². The standard InChI is InChI=1S/C12H15ClN2O2/c13-8-4-6-9(7-5-8)14-12(17)10-2-1-3-11(16)15-10/h1-3,8-9H,4-7H2,(H,14,17)(H,15,16). The van der Waals surface area contributed by atoms with Crippen LogP contribution in [0.5, 0.6) is 0 Å². The second kappa shape index (κ2) is 5.36. The van der Waals surface area contributed by atoms with Crippen LogP contribution in [0.2, 0.25) is 0 Å². The number of carbonyl (C=O) groups excluding carboxylic acids is 1. The molecule has 4 nitrogen and oxygen atoms in total. The van der Waals surface area contributed by atoms with Crippen LogP contribution in [0.3, 0.4) is 0 Å². The van der Waals surface area contributed by atoms with Crippen LogP contribution in [0, 0.1) is 0 Å². The quantitative estimate of drug-likeness (QED) is 0.789. The molecule has 5 heteroatoms. The number of alkyl halides is 1. The second-order valence-electron chi connectivity index (χ2n) is 4.35. The van der Waals surface area contributed by atoms with Crippen molar-refractivity contribution in [3.63, 3.8) is 0 Å². The molecule has 92 valence electrons. The molecular weight excluding hydrogens is 240 g/mol. The lowest BCUT2D eigenvalue weighted by atomic mass is 9.95. The van der Waals surface area contributed by atoms with E-state index >= 15 is 0 Å². The molecule has 0 saturated heterocycles. The molecule has 1 aliphatic carbocycles. The van der Waals surface area contributed by atoms with Gasteiger partial charge in [0.05, 0.1) is 0 Å². The summed E-state index contributed by atoms with van der Waals surface area (Å²) >= 11 is 6.00. The summed E-state index contributed by atoms with van der Waals surface area (Å²) in [7, 11) is 0. The summed E-state index contributed by atoms with van der Waals surface area (Å²) in [6.07, 6.45) is 3.66. The van der Waals surface area contributed by atoms with E-state index in [1.807, 2.05) is 0 Å². The van der Waals surface area contributed by atoms with Crippen LogP contribution < -0.4 is 10.9 Å². The van der Waals surface area contributed by atoms with Gasteiger partial charge in [-0.2, -0.15) is 0 Å². The van der Waals surface area contributed by atoms with Crippen LogP contribution in [0.4, 0.5) is 0 Å². The monoisotopic (exact) mass is 254 g/mol. The van der Waals surface area contributed by atoms with Gasteiger partial charge in [-0.05, 0) is 31.7 Å². The maximum atomic E-state index is 11.8. The van der Waals surface area contributed by atoms with E-state index in [1.54, 1.807) is 12.1 Å². The number of halogens is 1. The molecular formula is C12H15ClN2O2. The lowest BCUT2D eigenvalue weighted by Gasteiger charge is -2.25. The lowest BCUT2D eigenvalue weighted by Crippen LogP contribution is -2.38. The normalized spacial score (nSPS) is 24.3. The summed E-state index contributed by atoms with van der Waals surface area (Å²) in [5.74, 6) is -0.222. The molecule has 2 rings (SSSR count). The molecule has 0 bridgehead atoms. The molecule has 1 heterocycles. The smallest absolute Gasteiger partial charge is 0.268 e. The van der Waals surface area contributed by atoms with Crippen LogP contribution >= 0.6 is 11.6 Å². The molecule has 0 radical (unpaired) electrons. The van der Waals surface area contributed by atoms with Gasteiger partial charge < -0.3 is 10.3 Å². The van der Waals surface area contributed by atoms with E-state index in [2.05, 4.69) is 10.3 Å². The molecule has 0 unspecified atom stereocenters. The van der Waals surface area contributed by atoms with E-state index in [9.17, 15) is 9.59 Å². The fourth-order valence-electron chi connectivity index (χ4n) is 2.04. The predicted molar refractivity (Wildman–Crippen MR) is 66.4 cm³/mol. The SMILES string of the molecule is O=C(NC1CCC(Cl)CC1)c1cccc(=O)[nH]1. The first kappa shape index (κ1) is 12.2. The van der Waals surface area contributed by atoms with Gasteiger partial charge in [0.2, 0.25) is 5.56 Å². The molecule has 0 atom stereocenters. The van der Waals surface area contributed by atoms with Crippen molar-refractivity contribution < 1.29 is 4.79 Å². The van der Waals surface area contributed by atoms with Gasteiger partial charge in [0.1, 0.15) is 5.69 Å². The van der Waals surface area contributed by atoms with E-state index in [0.29, 0.717) is 5.69 Å². The molecule has 1 aromatic rings. The molecule has 1 amide bonds. The van der Waals surface area contributed by atoms with Crippen molar-refractivity contribution in [1.29, 1.82) is 0 Å². The Morgan fingerprint density at radius 3 is 2.65 bits per heavy atom. The minimum atomic E-state index is -0.262. The van der Waals surface area contributed by atoms with E-state index in [4.69, 9.17) is 11.6 Å². The molecule has 0 aliphatic heterocycles. The summed E-state index contributed by atoms with van der Waals surface area (Å²) in [4.78, 5) is 25.4. The van der Waals surface area contributed by atoms with Crippen molar-refractivity contribution in [2.24, 2.45) is 0 Å². The molecule has 2 N–H and O–H groups in total. The molecule has 0 spiro atoms. The molecule has 1 aromatic heterocycles. The predicted octanol–water partition coefficient (Wildman–Crippen LogP) is 1.65. The number of carbonyl (C=O) groups is 1. The van der Waals surface area contributed by atoms with Crippen LogP contribution in [0.25, 0.3) is 0 Å². The number of nitrogens with one attached hydrogen (secondary N) is 2. The average Bonchev–Trinajstić information content (AvgIpc) is 2.32. The number of rotatable bonds is 2. The Balaban J connectivity index is 1.95. The zero-order chi connectivity index (χ0) is 12.3. The Bertz CT molecular complexity index is 450. The van der Waals surface area contributed by atoms with Crippen LogP contribution in [-0.4, -0.2) is 22.3 Å². The Hall–Kier alpha value is -1.29. The second-order valence-corrected chi connectivity index (χ2v) is 4.97. The van der Waals surface area contributed by atoms with Crippen molar-refractivity contribution in [2.45, 2.75) is 37.1 Å². The summed E-state index contributed by atoms with van der Waals surface area (Å²) in [5, 5.41) is 3.15. The van der Waals surface area contributed by atoms with Gasteiger partial charge in [0.25, 0.3) is 5.91 Å². The summed E-state index contributed by atoms with van der Waals surface area (Å²) in [6, 6.07) is 4.73. The first-order valence-electron chi connectivity index (χ1n) is 5.79. The maximum absolute atomic E-state index is 11.8. The van der Waals surface area contributed by atoms with Gasteiger partial charge in [-0.25, -0.2) is 0 Å². The van der Waals surface area contributed by atoms with E-state index < -0.39 is 0 Å². The third-order valence-corrected chi connectivity index (χ3v) is 3.44. The number of H-pyrrole nitrogens is 1. The first-order chi connectivity index (χ1) is 8.15. The van der Waals surface area contributed by atoms with Crippen LogP contribution in [0.1, 0.15) is 36.2 Å². The summed E-state index contributed by atoms with van der Waals surface area (Å²) in [5.41, 5.74) is 0.0487. The zero-order valence-corrected chi connectivity index (χ0v) is 10.2. The van der Waals surface area contributed by atoms with Gasteiger partial charge in [-0.15, -0.1) is 11.6 Å². The summed E-state index contributed by atoms with van der Waals surface area (Å²) in [6.45, 7) is 0. The highest BCUT2D eigenvalue weighted by atomic mass is 35.5. The number of aromatic amines is 1. The van der Waals surface area contributed by atoms with Crippen molar-refractivity contribution in [3.05, 3.63) is 34.2 Å². The van der Waals surface area contributed by atoms with Gasteiger partial charge in [0, 0.05) is 17.5 Å². The topological polar surface area (TPSA) is 62.0 Å². The number of aromatic nitrogens is 1. The van der Waals surface area contributed by atoms with Crippen molar-refractivity contribution in [3.8, 4) is 0 Å². The molecule has 1 fully saturated rings. The van der Waals surface area contributed by atoms with Crippen LogP contribution in [0.15, 0.2) is 23.0 Å². The van der Waals surface area contributed by atoms with Crippen molar-refractivity contribution >= 4 is 17.5 Å². The number of hydrogen-bond donors (Lipinski definition) is 2. The van der Waals surface area contributed by atoms with Gasteiger partial charge in [-0.3, -0.25) is 9.59 Å². The molecule has 1 saturated carbocycles. The Kier molecular flexibility index (Phi) is 3.84. The molecule has 1 aliphatic rings. The third-order valence-electron chi connectivity index (χ3n) is 3.00. The van der Waals surface area contributed by atoms with E-state index in [1.165, 1.54) is 6.07 Å². The largest absolute Gasteiger partial charge is 0.348 e. The minimum absolute atomic E-state index is 0.168. The van der Waals surface area contributed by atoms with E-state index in [-0.39, 0.29) is 22.9 Å². The fourth-order valence-corrected chi connectivity index (χ4v) is 2.29. The van der Waals surface area contributed by atoms with Crippen LogP contribution in [-0.2, 0) is 0 Å². The number of amides is 1. The Labute approximate surface area is 104 Å². The third kappa shape index (κ3) is 3.33. The van der Waals surface area contributed by atoms with Crippen molar-refractivity contribution in [2.75, 3.05) is 0 Å². The maximum Gasteiger partial charge on any atom is 0.268 e. The average molecular weight is 255 g/mol. The lowest BCUT2D eigenvalue weighted by molar-refractivity contribution is 0.0922. The fraction of sp³-hybridized carbons (Fsp3) is 0.500. The highest BCUT2D eigenvalue weighted by Gasteiger charge is 2.21. The Morgan fingerprint density at radius 1 is 1.29 bits per heavy atom. The minimum Gasteiger partial charge on any atom is -0.348 e. The molecule has 17 heavy (non-hydrogen) atoms. The molecule has 0 aromatic carbocycles.